The highest BCUT2D eigenvalue weighted by molar-refractivity contribution is 9.10. The van der Waals surface area contributed by atoms with E-state index in [4.69, 9.17) is 0 Å². The highest BCUT2D eigenvalue weighted by Crippen LogP contribution is 2.52. The summed E-state index contributed by atoms with van der Waals surface area (Å²) in [6, 6.07) is 18.7. The smallest absolute Gasteiger partial charge is 0.252 e. The van der Waals surface area contributed by atoms with E-state index in [-0.39, 0.29) is 16.9 Å². The summed E-state index contributed by atoms with van der Waals surface area (Å²) >= 11 is 3.61. The molecule has 0 saturated heterocycles. The second-order valence-corrected chi connectivity index (χ2v) is 10.8. The Morgan fingerprint density at radius 1 is 1.00 bits per heavy atom. The largest absolute Gasteiger partial charge is 0.347 e. The van der Waals surface area contributed by atoms with Crippen molar-refractivity contribution in [2.45, 2.75) is 56.4 Å². The zero-order chi connectivity index (χ0) is 23.3. The lowest BCUT2D eigenvalue weighted by Crippen LogP contribution is -2.58. The SMILES string of the molecule is Cc1c(-c2ccccc2)cc2ccc(Br)cc2c1C(=O)NC12CCC(c3nn[nH]n3)(CC1)CC2. The molecule has 0 spiro atoms. The second-order valence-electron chi connectivity index (χ2n) is 9.91. The molecule has 7 heteroatoms. The zero-order valence-corrected chi connectivity index (χ0v) is 20.7. The van der Waals surface area contributed by atoms with Crippen LogP contribution in [0.2, 0.25) is 0 Å². The van der Waals surface area contributed by atoms with Gasteiger partial charge in [0.1, 0.15) is 0 Å². The lowest BCUT2D eigenvalue weighted by atomic mass is 9.57. The molecule has 2 bridgehead atoms. The number of fused-ring (bicyclic) bond motifs is 4. The van der Waals surface area contributed by atoms with Gasteiger partial charge in [-0.25, -0.2) is 0 Å². The minimum Gasteiger partial charge on any atom is -0.347 e. The van der Waals surface area contributed by atoms with Gasteiger partial charge in [0.15, 0.2) is 5.82 Å². The van der Waals surface area contributed by atoms with Gasteiger partial charge in [0.2, 0.25) is 0 Å². The van der Waals surface area contributed by atoms with Gasteiger partial charge in [-0.2, -0.15) is 5.21 Å². The maximum atomic E-state index is 14.0. The number of nitrogens with zero attached hydrogens (tertiary/aromatic N) is 3. The second kappa shape index (κ2) is 8.01. The van der Waals surface area contributed by atoms with Gasteiger partial charge in [0.25, 0.3) is 5.91 Å². The van der Waals surface area contributed by atoms with Crippen molar-refractivity contribution in [2.75, 3.05) is 0 Å². The van der Waals surface area contributed by atoms with Crippen LogP contribution in [0.5, 0.6) is 0 Å². The Labute approximate surface area is 206 Å². The molecule has 1 heterocycles. The number of aromatic amines is 1. The van der Waals surface area contributed by atoms with Crippen LogP contribution in [-0.4, -0.2) is 32.1 Å². The molecule has 34 heavy (non-hydrogen) atoms. The van der Waals surface area contributed by atoms with E-state index in [0.717, 1.165) is 81.8 Å². The number of hydrogen-bond donors (Lipinski definition) is 2. The van der Waals surface area contributed by atoms with Crippen molar-refractivity contribution < 1.29 is 4.79 Å². The molecule has 3 saturated carbocycles. The standard InChI is InChI=1S/C27H26BrN5O/c1-17-21(18-5-3-2-4-6-18)15-19-7-8-20(28)16-22(19)23(17)24(34)29-27-12-9-26(10-13-27,11-14-27)25-30-32-33-31-25/h2-8,15-16H,9-14H2,1H3,(H,29,34)(H,30,31,32,33). The van der Waals surface area contributed by atoms with Crippen LogP contribution in [0.3, 0.4) is 0 Å². The molecule has 0 aliphatic heterocycles. The van der Waals surface area contributed by atoms with Crippen molar-refractivity contribution in [3.8, 4) is 11.1 Å². The summed E-state index contributed by atoms with van der Waals surface area (Å²) in [5.74, 6) is 0.849. The van der Waals surface area contributed by atoms with Crippen molar-refractivity contribution in [1.82, 2.24) is 25.9 Å². The minimum absolute atomic E-state index is 0.000180. The fourth-order valence-corrected chi connectivity index (χ4v) is 6.44. The third-order valence-corrected chi connectivity index (χ3v) is 8.61. The molecule has 0 atom stereocenters. The Morgan fingerprint density at radius 2 is 1.74 bits per heavy atom. The first-order valence-electron chi connectivity index (χ1n) is 11.8. The summed E-state index contributed by atoms with van der Waals surface area (Å²) in [4.78, 5) is 14.0. The summed E-state index contributed by atoms with van der Waals surface area (Å²) < 4.78 is 0.972. The number of carbonyl (C=O) groups is 1. The number of aromatic nitrogens is 4. The number of nitrogens with one attached hydrogen (secondary N) is 2. The normalized spacial score (nSPS) is 23.8. The van der Waals surface area contributed by atoms with E-state index < -0.39 is 0 Å². The molecule has 7 rings (SSSR count). The van der Waals surface area contributed by atoms with Crippen molar-refractivity contribution in [3.63, 3.8) is 0 Å². The molecule has 2 N–H and O–H groups in total. The predicted molar refractivity (Wildman–Crippen MR) is 136 cm³/mol. The lowest BCUT2D eigenvalue weighted by Gasteiger charge is -2.52. The molecule has 1 amide bonds. The summed E-state index contributed by atoms with van der Waals surface area (Å²) in [6.45, 7) is 2.07. The van der Waals surface area contributed by atoms with Gasteiger partial charge in [0.05, 0.1) is 5.56 Å². The van der Waals surface area contributed by atoms with E-state index in [0.29, 0.717) is 0 Å². The molecule has 4 aromatic rings. The van der Waals surface area contributed by atoms with E-state index in [1.165, 1.54) is 0 Å². The first-order chi connectivity index (χ1) is 16.5. The molecule has 3 aliphatic rings. The quantitative estimate of drug-likeness (QED) is 0.356. The number of tetrazole rings is 1. The minimum atomic E-state index is -0.171. The van der Waals surface area contributed by atoms with E-state index in [1.54, 1.807) is 0 Å². The van der Waals surface area contributed by atoms with Crippen LogP contribution < -0.4 is 5.32 Å². The number of hydrogen-bond acceptors (Lipinski definition) is 4. The zero-order valence-electron chi connectivity index (χ0n) is 19.1. The van der Waals surface area contributed by atoms with E-state index >= 15 is 0 Å². The number of rotatable bonds is 4. The average molecular weight is 516 g/mol. The van der Waals surface area contributed by atoms with Gasteiger partial charge < -0.3 is 5.32 Å². The van der Waals surface area contributed by atoms with Gasteiger partial charge in [-0.05, 0) is 91.1 Å². The Balaban J connectivity index is 1.37. The Kier molecular flexibility index (Phi) is 5.06. The van der Waals surface area contributed by atoms with Crippen LogP contribution in [0.15, 0.2) is 59.1 Å². The van der Waals surface area contributed by atoms with Gasteiger partial charge in [-0.3, -0.25) is 4.79 Å². The number of carbonyl (C=O) groups excluding carboxylic acids is 1. The third kappa shape index (κ3) is 3.45. The van der Waals surface area contributed by atoms with Crippen LogP contribution in [0.1, 0.15) is 60.3 Å². The van der Waals surface area contributed by atoms with Crippen LogP contribution in [-0.2, 0) is 5.41 Å². The van der Waals surface area contributed by atoms with Crippen molar-refractivity contribution >= 4 is 32.6 Å². The highest BCUT2D eigenvalue weighted by Gasteiger charge is 2.52. The molecule has 3 aliphatic carbocycles. The first-order valence-corrected chi connectivity index (χ1v) is 12.6. The Morgan fingerprint density at radius 3 is 2.41 bits per heavy atom. The summed E-state index contributed by atoms with van der Waals surface area (Å²) in [5.41, 5.74) is 3.83. The van der Waals surface area contributed by atoms with Crippen LogP contribution in [0.4, 0.5) is 0 Å². The van der Waals surface area contributed by atoms with E-state index in [9.17, 15) is 4.79 Å². The van der Waals surface area contributed by atoms with Gasteiger partial charge >= 0.3 is 0 Å². The topological polar surface area (TPSA) is 83.6 Å². The van der Waals surface area contributed by atoms with Crippen molar-refractivity contribution in [3.05, 3.63) is 76.0 Å². The fraction of sp³-hybridized carbons (Fsp3) is 0.333. The number of benzene rings is 3. The van der Waals surface area contributed by atoms with Crippen molar-refractivity contribution in [1.29, 1.82) is 0 Å². The fourth-order valence-electron chi connectivity index (χ4n) is 6.08. The molecule has 3 aromatic carbocycles. The van der Waals surface area contributed by atoms with Gasteiger partial charge in [-0.15, -0.1) is 10.2 Å². The monoisotopic (exact) mass is 515 g/mol. The molecular formula is C27H26BrN5O. The van der Waals surface area contributed by atoms with E-state index in [2.05, 4.69) is 79.1 Å². The number of H-pyrrole nitrogens is 1. The lowest BCUT2D eigenvalue weighted by molar-refractivity contribution is 0.0579. The molecule has 0 unspecified atom stereocenters. The molecule has 172 valence electrons. The molecule has 1 aromatic heterocycles. The Bertz CT molecular complexity index is 1360. The molecule has 3 fully saturated rings. The van der Waals surface area contributed by atoms with Crippen LogP contribution in [0.25, 0.3) is 21.9 Å². The van der Waals surface area contributed by atoms with Gasteiger partial charge in [-0.1, -0.05) is 57.5 Å². The van der Waals surface area contributed by atoms with E-state index in [1.807, 2.05) is 24.3 Å². The third-order valence-electron chi connectivity index (χ3n) is 8.12. The predicted octanol–water partition coefficient (Wildman–Crippen LogP) is 5.87. The Hall–Kier alpha value is -3.06. The molecular weight excluding hydrogens is 490 g/mol. The van der Waals surface area contributed by atoms with Crippen LogP contribution in [0, 0.1) is 6.92 Å². The van der Waals surface area contributed by atoms with Crippen LogP contribution >= 0.6 is 15.9 Å². The molecule has 0 radical (unpaired) electrons. The maximum absolute atomic E-state index is 14.0. The maximum Gasteiger partial charge on any atom is 0.252 e. The average Bonchev–Trinajstić information content (AvgIpc) is 3.41. The number of halogens is 1. The van der Waals surface area contributed by atoms with Gasteiger partial charge in [0, 0.05) is 15.4 Å². The summed E-state index contributed by atoms with van der Waals surface area (Å²) in [7, 11) is 0. The highest BCUT2D eigenvalue weighted by atomic mass is 79.9. The number of amides is 1. The summed E-state index contributed by atoms with van der Waals surface area (Å²) in [6.07, 6.45) is 5.73. The van der Waals surface area contributed by atoms with Crippen molar-refractivity contribution in [2.24, 2.45) is 0 Å². The molecule has 6 nitrogen and oxygen atoms in total. The summed E-state index contributed by atoms with van der Waals surface area (Å²) in [5, 5.41) is 20.5. The first kappa shape index (κ1) is 21.5.